The standard InChI is InChI=1S/C5H2BN3.C5H3BN2O2/c6-5-4(3-7)8-1-2-9-5;6-4-3(5(9)10)7-1-2-8-4/h1-2H;1-2H,(H,9,10). The minimum Gasteiger partial charge on any atom is -0.476 e. The summed E-state index contributed by atoms with van der Waals surface area (Å²) >= 11 is 0. The van der Waals surface area contributed by atoms with E-state index in [4.69, 9.17) is 26.1 Å². The van der Waals surface area contributed by atoms with Crippen molar-refractivity contribution < 1.29 is 9.90 Å². The molecule has 0 fully saturated rings. The van der Waals surface area contributed by atoms with Crippen LogP contribution in [0.15, 0.2) is 24.8 Å². The molecule has 2 aromatic rings. The fourth-order valence-electron chi connectivity index (χ4n) is 0.948. The zero-order valence-electron chi connectivity index (χ0n) is 9.56. The number of aromatic carboxylic acids is 1. The molecule has 2 rings (SSSR count). The van der Waals surface area contributed by atoms with Crippen molar-refractivity contribution in [1.29, 1.82) is 5.26 Å². The van der Waals surface area contributed by atoms with Crippen LogP contribution in [0, 0.1) is 11.3 Å². The molecular formula is C10H5B2N5O2. The SMILES string of the molecule is [B]c1nccnc1C#N.[B]c1nccnc1C(=O)O. The maximum atomic E-state index is 10.2. The van der Waals surface area contributed by atoms with Gasteiger partial charge in [-0.15, -0.1) is 0 Å². The quantitative estimate of drug-likeness (QED) is 0.587. The molecule has 0 aliphatic carbocycles. The van der Waals surface area contributed by atoms with E-state index in [0.29, 0.717) is 0 Å². The maximum absolute atomic E-state index is 10.2. The molecule has 0 saturated heterocycles. The molecule has 0 amide bonds. The molecule has 0 aromatic carbocycles. The number of carboxylic acid groups (broad SMARTS) is 1. The lowest BCUT2D eigenvalue weighted by molar-refractivity contribution is 0.0692. The van der Waals surface area contributed by atoms with E-state index in [1.54, 1.807) is 6.07 Å². The second-order valence-electron chi connectivity index (χ2n) is 3.00. The summed E-state index contributed by atoms with van der Waals surface area (Å²) in [6, 6.07) is 1.80. The van der Waals surface area contributed by atoms with Crippen LogP contribution in [0.3, 0.4) is 0 Å². The average Bonchev–Trinajstić information content (AvgIpc) is 2.40. The van der Waals surface area contributed by atoms with Gasteiger partial charge in [-0.25, -0.2) is 14.8 Å². The number of carboxylic acids is 1. The molecule has 2 heterocycles. The number of nitriles is 1. The second-order valence-corrected chi connectivity index (χ2v) is 3.00. The van der Waals surface area contributed by atoms with Crippen LogP contribution in [0.1, 0.15) is 16.2 Å². The topological polar surface area (TPSA) is 113 Å². The Morgan fingerprint density at radius 2 is 1.58 bits per heavy atom. The monoisotopic (exact) mass is 249 g/mol. The van der Waals surface area contributed by atoms with E-state index in [9.17, 15) is 4.79 Å². The Hall–Kier alpha value is -2.75. The molecule has 88 valence electrons. The minimum absolute atomic E-state index is 0.0602. The summed E-state index contributed by atoms with van der Waals surface area (Å²) in [5.74, 6) is -1.16. The molecule has 9 heteroatoms. The third-order valence-corrected chi connectivity index (χ3v) is 1.76. The van der Waals surface area contributed by atoms with E-state index in [0.717, 1.165) is 0 Å². The van der Waals surface area contributed by atoms with Crippen molar-refractivity contribution in [3.8, 4) is 6.07 Å². The predicted octanol–water partition coefficient (Wildman–Crippen LogP) is -1.89. The fraction of sp³-hybridized carbons (Fsp3) is 0. The normalized spacial score (nSPS) is 8.79. The van der Waals surface area contributed by atoms with Crippen LogP contribution in [0.4, 0.5) is 0 Å². The summed E-state index contributed by atoms with van der Waals surface area (Å²) in [5.41, 5.74) is 0.0926. The Morgan fingerprint density at radius 1 is 1.05 bits per heavy atom. The van der Waals surface area contributed by atoms with Crippen molar-refractivity contribution in [2.24, 2.45) is 0 Å². The fourth-order valence-corrected chi connectivity index (χ4v) is 0.948. The molecule has 1 N–H and O–H groups in total. The molecule has 0 bridgehead atoms. The lowest BCUT2D eigenvalue weighted by Crippen LogP contribution is -2.20. The molecular weight excluding hydrogens is 244 g/mol. The van der Waals surface area contributed by atoms with E-state index in [1.807, 2.05) is 0 Å². The summed E-state index contributed by atoms with van der Waals surface area (Å²) in [7, 11) is 10.4. The Morgan fingerprint density at radius 3 is 1.95 bits per heavy atom. The molecule has 19 heavy (non-hydrogen) atoms. The van der Waals surface area contributed by atoms with Crippen molar-refractivity contribution in [3.05, 3.63) is 36.2 Å². The van der Waals surface area contributed by atoms with Crippen molar-refractivity contribution >= 4 is 32.8 Å². The highest BCUT2D eigenvalue weighted by atomic mass is 16.4. The predicted molar refractivity (Wildman–Crippen MR) is 66.5 cm³/mol. The zero-order chi connectivity index (χ0) is 14.3. The summed E-state index contributed by atoms with van der Waals surface area (Å²) in [5, 5.41) is 16.7. The first-order chi connectivity index (χ1) is 9.06. The van der Waals surface area contributed by atoms with Crippen LogP contribution in [0.2, 0.25) is 0 Å². The largest absolute Gasteiger partial charge is 0.476 e. The number of rotatable bonds is 1. The van der Waals surface area contributed by atoms with E-state index >= 15 is 0 Å². The molecule has 0 atom stereocenters. The summed E-state index contributed by atoms with van der Waals surface area (Å²) in [4.78, 5) is 24.6. The lowest BCUT2D eigenvalue weighted by atomic mass is 10.0. The Bertz CT molecular complexity index is 629. The van der Waals surface area contributed by atoms with Gasteiger partial charge in [-0.3, -0.25) is 9.97 Å². The van der Waals surface area contributed by atoms with Crippen molar-refractivity contribution in [3.63, 3.8) is 0 Å². The van der Waals surface area contributed by atoms with Gasteiger partial charge < -0.3 is 5.11 Å². The van der Waals surface area contributed by atoms with E-state index in [1.165, 1.54) is 24.8 Å². The van der Waals surface area contributed by atoms with Crippen LogP contribution < -0.4 is 11.2 Å². The molecule has 7 nitrogen and oxygen atoms in total. The van der Waals surface area contributed by atoms with Crippen LogP contribution in [-0.2, 0) is 0 Å². The molecule has 0 saturated carbocycles. The number of hydrogen-bond acceptors (Lipinski definition) is 6. The van der Waals surface area contributed by atoms with Crippen LogP contribution in [0.5, 0.6) is 0 Å². The highest BCUT2D eigenvalue weighted by Crippen LogP contribution is 1.83. The first kappa shape index (κ1) is 14.3. The van der Waals surface area contributed by atoms with Gasteiger partial charge in [-0.05, 0) is 0 Å². The summed E-state index contributed by atoms with van der Waals surface area (Å²) in [6.45, 7) is 0. The van der Waals surface area contributed by atoms with Gasteiger partial charge in [0.25, 0.3) is 0 Å². The Balaban J connectivity index is 0.000000191. The van der Waals surface area contributed by atoms with Gasteiger partial charge in [0, 0.05) is 36.0 Å². The van der Waals surface area contributed by atoms with Gasteiger partial charge in [0.05, 0.1) is 0 Å². The van der Waals surface area contributed by atoms with E-state index < -0.39 is 5.97 Å². The van der Waals surface area contributed by atoms with Crippen molar-refractivity contribution in [1.82, 2.24) is 19.9 Å². The van der Waals surface area contributed by atoms with Gasteiger partial charge in [-0.2, -0.15) is 5.26 Å². The first-order valence-electron chi connectivity index (χ1n) is 4.82. The number of carbonyl (C=O) groups is 1. The molecule has 0 spiro atoms. The van der Waals surface area contributed by atoms with Gasteiger partial charge in [-0.1, -0.05) is 0 Å². The highest BCUT2D eigenvalue weighted by molar-refractivity contribution is 6.34. The van der Waals surface area contributed by atoms with Crippen molar-refractivity contribution in [2.75, 3.05) is 0 Å². The Labute approximate surface area is 111 Å². The zero-order valence-corrected chi connectivity index (χ0v) is 9.56. The molecule has 0 aliphatic heterocycles. The van der Waals surface area contributed by atoms with E-state index in [-0.39, 0.29) is 22.6 Å². The van der Waals surface area contributed by atoms with Crippen LogP contribution in [0.25, 0.3) is 0 Å². The number of nitrogens with zero attached hydrogens (tertiary/aromatic N) is 5. The number of aromatic nitrogens is 4. The smallest absolute Gasteiger partial charge is 0.355 e. The lowest BCUT2D eigenvalue weighted by Gasteiger charge is -1.94. The second kappa shape index (κ2) is 6.86. The number of hydrogen-bond donors (Lipinski definition) is 1. The van der Waals surface area contributed by atoms with E-state index in [2.05, 4.69) is 19.9 Å². The Kier molecular flexibility index (Phi) is 5.17. The molecule has 2 aromatic heterocycles. The van der Waals surface area contributed by atoms with Crippen LogP contribution >= 0.6 is 0 Å². The van der Waals surface area contributed by atoms with Crippen LogP contribution in [-0.4, -0.2) is 46.7 Å². The van der Waals surface area contributed by atoms with Gasteiger partial charge in [0.1, 0.15) is 21.8 Å². The first-order valence-corrected chi connectivity index (χ1v) is 4.82. The van der Waals surface area contributed by atoms with Gasteiger partial charge in [0.2, 0.25) is 0 Å². The molecule has 0 aliphatic rings. The molecule has 0 unspecified atom stereocenters. The maximum Gasteiger partial charge on any atom is 0.355 e. The van der Waals surface area contributed by atoms with Gasteiger partial charge >= 0.3 is 5.97 Å². The average molecular weight is 249 g/mol. The molecule has 4 radical (unpaired) electrons. The third-order valence-electron chi connectivity index (χ3n) is 1.76. The van der Waals surface area contributed by atoms with Crippen molar-refractivity contribution in [2.45, 2.75) is 0 Å². The third kappa shape index (κ3) is 4.20. The van der Waals surface area contributed by atoms with Gasteiger partial charge in [0.15, 0.2) is 11.4 Å². The summed E-state index contributed by atoms with van der Waals surface area (Å²) < 4.78 is 0. The highest BCUT2D eigenvalue weighted by Gasteiger charge is 2.06. The summed E-state index contributed by atoms with van der Waals surface area (Å²) in [6.07, 6.45) is 5.48. The minimum atomic E-state index is -1.16.